The van der Waals surface area contributed by atoms with Gasteiger partial charge in [-0.3, -0.25) is 4.79 Å². The summed E-state index contributed by atoms with van der Waals surface area (Å²) in [6, 6.07) is 5.26. The average Bonchev–Trinajstić information content (AvgIpc) is 2.99. The predicted molar refractivity (Wildman–Crippen MR) is 93.4 cm³/mol. The van der Waals surface area contributed by atoms with Crippen LogP contribution in [0.1, 0.15) is 49.9 Å². The Hall–Kier alpha value is -1.56. The summed E-state index contributed by atoms with van der Waals surface area (Å²) >= 11 is 1.56. The molecule has 1 aliphatic rings. The number of esters is 1. The number of ether oxygens (including phenoxy) is 1. The summed E-state index contributed by atoms with van der Waals surface area (Å²) in [5.41, 5.74) is 0.00691. The number of hydrogen-bond acceptors (Lipinski definition) is 4. The second-order valence-corrected chi connectivity index (χ2v) is 7.02. The maximum Gasteiger partial charge on any atom is 0.329 e. The van der Waals surface area contributed by atoms with Crippen LogP contribution < -0.4 is 0 Å². The molecular weight excluding hydrogens is 329 g/mol. The van der Waals surface area contributed by atoms with Crippen molar-refractivity contribution in [3.63, 3.8) is 0 Å². The Morgan fingerprint density at radius 2 is 2.04 bits per heavy atom. The van der Waals surface area contributed by atoms with E-state index >= 15 is 0 Å². The van der Waals surface area contributed by atoms with Gasteiger partial charge in [0.05, 0.1) is 17.5 Å². The Bertz CT molecular complexity index is 581. The van der Waals surface area contributed by atoms with E-state index in [1.165, 1.54) is 17.0 Å². The number of thioether (sulfide) groups is 1. The van der Waals surface area contributed by atoms with Crippen molar-refractivity contribution in [3.05, 3.63) is 35.6 Å². The monoisotopic (exact) mass is 353 g/mol. The van der Waals surface area contributed by atoms with Crippen LogP contribution in [0, 0.1) is 5.82 Å². The SMILES string of the molecule is CCCCOC(=O)C1CSC(CCC)N1C(=O)c1ccccc1F. The molecule has 1 fully saturated rings. The molecule has 1 aromatic carbocycles. The molecule has 0 spiro atoms. The lowest BCUT2D eigenvalue weighted by atomic mass is 10.1. The molecule has 1 amide bonds. The third-order valence-electron chi connectivity index (χ3n) is 3.98. The minimum absolute atomic E-state index is 0.00691. The largest absolute Gasteiger partial charge is 0.464 e. The molecular formula is C18H24FNO3S. The summed E-state index contributed by atoms with van der Waals surface area (Å²) in [6.45, 7) is 4.40. The fraction of sp³-hybridized carbons (Fsp3) is 0.556. The molecule has 2 rings (SSSR count). The van der Waals surface area contributed by atoms with Crippen LogP contribution in [-0.4, -0.2) is 40.6 Å². The smallest absolute Gasteiger partial charge is 0.329 e. The summed E-state index contributed by atoms with van der Waals surface area (Å²) in [5.74, 6) is -0.892. The number of amides is 1. The van der Waals surface area contributed by atoms with Crippen molar-refractivity contribution < 1.29 is 18.7 Å². The van der Waals surface area contributed by atoms with E-state index in [9.17, 15) is 14.0 Å². The molecule has 1 aliphatic heterocycles. The molecule has 2 atom stereocenters. The van der Waals surface area contributed by atoms with Crippen LogP contribution in [0.3, 0.4) is 0 Å². The van der Waals surface area contributed by atoms with Crippen molar-refractivity contribution in [2.75, 3.05) is 12.4 Å². The fourth-order valence-corrected chi connectivity index (χ4v) is 4.18. The Morgan fingerprint density at radius 3 is 2.71 bits per heavy atom. The fourth-order valence-electron chi connectivity index (χ4n) is 2.67. The lowest BCUT2D eigenvalue weighted by Crippen LogP contribution is -2.46. The first kappa shape index (κ1) is 18.8. The number of nitrogens with zero attached hydrogens (tertiary/aromatic N) is 1. The number of unbranched alkanes of at least 4 members (excludes halogenated alkanes) is 1. The Balaban J connectivity index is 2.20. The number of halogens is 1. The quantitative estimate of drug-likeness (QED) is 0.552. The van der Waals surface area contributed by atoms with Gasteiger partial charge in [0.15, 0.2) is 0 Å². The van der Waals surface area contributed by atoms with Gasteiger partial charge in [0, 0.05) is 5.75 Å². The number of carbonyl (C=O) groups excluding carboxylic acids is 2. The number of benzene rings is 1. The van der Waals surface area contributed by atoms with E-state index in [2.05, 4.69) is 0 Å². The zero-order valence-electron chi connectivity index (χ0n) is 14.2. The second-order valence-electron chi connectivity index (χ2n) is 5.81. The van der Waals surface area contributed by atoms with Crippen LogP contribution in [0.4, 0.5) is 4.39 Å². The molecule has 1 saturated heterocycles. The molecule has 24 heavy (non-hydrogen) atoms. The normalized spacial score (nSPS) is 20.2. The Morgan fingerprint density at radius 1 is 1.29 bits per heavy atom. The van der Waals surface area contributed by atoms with Gasteiger partial charge in [0.1, 0.15) is 11.9 Å². The van der Waals surface area contributed by atoms with E-state index in [1.807, 2.05) is 13.8 Å². The predicted octanol–water partition coefficient (Wildman–Crippen LogP) is 3.85. The van der Waals surface area contributed by atoms with Gasteiger partial charge in [-0.15, -0.1) is 11.8 Å². The van der Waals surface area contributed by atoms with Crippen molar-refractivity contribution in [2.24, 2.45) is 0 Å². The summed E-state index contributed by atoms with van der Waals surface area (Å²) in [4.78, 5) is 26.8. The maximum absolute atomic E-state index is 14.0. The summed E-state index contributed by atoms with van der Waals surface area (Å²) in [6.07, 6.45) is 3.38. The minimum Gasteiger partial charge on any atom is -0.464 e. The van der Waals surface area contributed by atoms with Gasteiger partial charge in [0.2, 0.25) is 0 Å². The van der Waals surface area contributed by atoms with E-state index in [0.29, 0.717) is 12.4 Å². The highest BCUT2D eigenvalue weighted by Crippen LogP contribution is 2.34. The Kier molecular flexibility index (Phi) is 7.09. The number of hydrogen-bond donors (Lipinski definition) is 0. The molecule has 132 valence electrons. The first-order valence-electron chi connectivity index (χ1n) is 8.45. The zero-order valence-corrected chi connectivity index (χ0v) is 15.0. The van der Waals surface area contributed by atoms with Crippen molar-refractivity contribution >= 4 is 23.6 Å². The molecule has 0 saturated carbocycles. The van der Waals surface area contributed by atoms with Gasteiger partial charge in [-0.05, 0) is 25.0 Å². The highest BCUT2D eigenvalue weighted by molar-refractivity contribution is 8.00. The third kappa shape index (κ3) is 4.29. The Labute approximate surface area is 146 Å². The van der Waals surface area contributed by atoms with E-state index in [4.69, 9.17) is 4.74 Å². The van der Waals surface area contributed by atoms with Crippen molar-refractivity contribution in [3.8, 4) is 0 Å². The number of rotatable bonds is 7. The van der Waals surface area contributed by atoms with Gasteiger partial charge >= 0.3 is 5.97 Å². The van der Waals surface area contributed by atoms with Crippen LogP contribution >= 0.6 is 11.8 Å². The van der Waals surface area contributed by atoms with Gasteiger partial charge < -0.3 is 9.64 Å². The second kappa shape index (κ2) is 9.06. The van der Waals surface area contributed by atoms with Crippen LogP contribution in [0.5, 0.6) is 0 Å². The summed E-state index contributed by atoms with van der Waals surface area (Å²) in [7, 11) is 0. The number of carbonyl (C=O) groups is 2. The first-order valence-corrected chi connectivity index (χ1v) is 9.50. The van der Waals surface area contributed by atoms with Crippen LogP contribution in [-0.2, 0) is 9.53 Å². The molecule has 4 nitrogen and oxygen atoms in total. The van der Waals surface area contributed by atoms with Crippen LogP contribution in [0.15, 0.2) is 24.3 Å². The van der Waals surface area contributed by atoms with E-state index in [0.717, 1.165) is 25.7 Å². The zero-order chi connectivity index (χ0) is 17.5. The van der Waals surface area contributed by atoms with Gasteiger partial charge in [-0.25, -0.2) is 9.18 Å². The molecule has 2 unspecified atom stereocenters. The maximum atomic E-state index is 14.0. The topological polar surface area (TPSA) is 46.6 Å². The van der Waals surface area contributed by atoms with E-state index in [1.54, 1.807) is 23.9 Å². The van der Waals surface area contributed by atoms with Crippen molar-refractivity contribution in [2.45, 2.75) is 50.9 Å². The van der Waals surface area contributed by atoms with Crippen LogP contribution in [0.25, 0.3) is 0 Å². The molecule has 1 aromatic rings. The minimum atomic E-state index is -0.643. The van der Waals surface area contributed by atoms with Gasteiger partial charge in [0.25, 0.3) is 5.91 Å². The lowest BCUT2D eigenvalue weighted by molar-refractivity contribution is -0.148. The van der Waals surface area contributed by atoms with E-state index < -0.39 is 17.8 Å². The summed E-state index contributed by atoms with van der Waals surface area (Å²) < 4.78 is 19.3. The molecule has 0 aliphatic carbocycles. The van der Waals surface area contributed by atoms with Gasteiger partial charge in [-0.1, -0.05) is 38.8 Å². The van der Waals surface area contributed by atoms with E-state index in [-0.39, 0.29) is 16.9 Å². The first-order chi connectivity index (χ1) is 11.6. The summed E-state index contributed by atoms with van der Waals surface area (Å²) in [5, 5.41) is -0.120. The molecule has 1 heterocycles. The average molecular weight is 353 g/mol. The highest BCUT2D eigenvalue weighted by Gasteiger charge is 2.42. The molecule has 0 aromatic heterocycles. The van der Waals surface area contributed by atoms with Crippen molar-refractivity contribution in [1.29, 1.82) is 0 Å². The van der Waals surface area contributed by atoms with Crippen LogP contribution in [0.2, 0.25) is 0 Å². The molecule has 6 heteroatoms. The highest BCUT2D eigenvalue weighted by atomic mass is 32.2. The van der Waals surface area contributed by atoms with Gasteiger partial charge in [-0.2, -0.15) is 0 Å². The molecule has 0 bridgehead atoms. The lowest BCUT2D eigenvalue weighted by Gasteiger charge is -2.28. The standard InChI is InChI=1S/C18H24FNO3S/c1-3-5-11-23-18(22)15-12-24-16(8-4-2)20(15)17(21)13-9-6-7-10-14(13)19/h6-7,9-10,15-16H,3-5,8,11-12H2,1-2H3. The molecule has 0 radical (unpaired) electrons. The van der Waals surface area contributed by atoms with Crippen molar-refractivity contribution in [1.82, 2.24) is 4.90 Å². The third-order valence-corrected chi connectivity index (χ3v) is 5.34. The molecule has 0 N–H and O–H groups in total.